The van der Waals surface area contributed by atoms with E-state index in [4.69, 9.17) is 14.2 Å². The van der Waals surface area contributed by atoms with Crippen LogP contribution in [0.15, 0.2) is 42.5 Å². The second kappa shape index (κ2) is 7.73. The van der Waals surface area contributed by atoms with Gasteiger partial charge in [-0.25, -0.2) is 4.79 Å². The molecule has 1 aliphatic heterocycles. The summed E-state index contributed by atoms with van der Waals surface area (Å²) in [7, 11) is 0. The van der Waals surface area contributed by atoms with Gasteiger partial charge >= 0.3 is 5.97 Å². The number of nitro benzene ring substituents is 1. The lowest BCUT2D eigenvalue weighted by atomic mass is 10.2. The highest BCUT2D eigenvalue weighted by Crippen LogP contribution is 2.31. The molecule has 1 aliphatic rings. The van der Waals surface area contributed by atoms with Gasteiger partial charge < -0.3 is 19.5 Å². The number of ether oxygens (including phenoxy) is 3. The maximum atomic E-state index is 12.3. The van der Waals surface area contributed by atoms with E-state index in [9.17, 15) is 19.7 Å². The molecule has 1 amide bonds. The van der Waals surface area contributed by atoms with Crippen molar-refractivity contribution in [3.63, 3.8) is 0 Å². The number of carbonyl (C=O) groups excluding carboxylic acids is 2. The van der Waals surface area contributed by atoms with Gasteiger partial charge in [-0.3, -0.25) is 14.9 Å². The number of esters is 1. The highest BCUT2D eigenvalue weighted by Gasteiger charge is 2.23. The van der Waals surface area contributed by atoms with Crippen LogP contribution in [-0.2, 0) is 9.53 Å². The van der Waals surface area contributed by atoms with Gasteiger partial charge in [-0.2, -0.15) is 0 Å². The van der Waals surface area contributed by atoms with Crippen LogP contribution < -0.4 is 14.8 Å². The summed E-state index contributed by atoms with van der Waals surface area (Å²) in [5.41, 5.74) is -0.0319. The minimum atomic E-state index is -1.16. The van der Waals surface area contributed by atoms with Crippen molar-refractivity contribution < 1.29 is 28.7 Å². The Hall–Kier alpha value is -3.62. The number of hydrogen-bond acceptors (Lipinski definition) is 7. The molecule has 3 rings (SSSR count). The van der Waals surface area contributed by atoms with Crippen LogP contribution in [0.25, 0.3) is 0 Å². The Kier molecular flexibility index (Phi) is 5.20. The van der Waals surface area contributed by atoms with Crippen molar-refractivity contribution in [3.8, 4) is 11.5 Å². The van der Waals surface area contributed by atoms with E-state index in [1.165, 1.54) is 37.3 Å². The number of nitro groups is 1. The number of para-hydroxylation sites is 2. The number of fused-ring (bicyclic) bond motifs is 1. The SMILES string of the molecule is C[C@@H](OC(=O)c1ccc2c(c1)OCCO2)C(=O)Nc1ccccc1[N+](=O)[O-]. The van der Waals surface area contributed by atoms with Crippen molar-refractivity contribution in [2.45, 2.75) is 13.0 Å². The van der Waals surface area contributed by atoms with Crippen molar-refractivity contribution in [3.05, 3.63) is 58.1 Å². The summed E-state index contributed by atoms with van der Waals surface area (Å²) in [6.07, 6.45) is -1.16. The molecule has 0 aromatic heterocycles. The van der Waals surface area contributed by atoms with Gasteiger partial charge in [0, 0.05) is 6.07 Å². The Balaban J connectivity index is 1.66. The average Bonchev–Trinajstić information content (AvgIpc) is 2.67. The van der Waals surface area contributed by atoms with Crippen LogP contribution in [0.1, 0.15) is 17.3 Å². The molecule has 1 atom stereocenters. The molecule has 140 valence electrons. The average molecular weight is 372 g/mol. The standard InChI is InChI=1S/C18H16N2O7/c1-11(17(21)19-13-4-2-3-5-14(13)20(23)24)27-18(22)12-6-7-15-16(10-12)26-9-8-25-15/h2-7,10-11H,8-9H2,1H3,(H,19,21)/t11-/m1/s1. The monoisotopic (exact) mass is 372 g/mol. The van der Waals surface area contributed by atoms with Crippen LogP contribution in [0.4, 0.5) is 11.4 Å². The number of benzene rings is 2. The predicted molar refractivity (Wildman–Crippen MR) is 94.0 cm³/mol. The minimum Gasteiger partial charge on any atom is -0.486 e. The maximum absolute atomic E-state index is 12.3. The molecule has 1 N–H and O–H groups in total. The fourth-order valence-electron chi connectivity index (χ4n) is 2.43. The van der Waals surface area contributed by atoms with Crippen molar-refractivity contribution in [1.29, 1.82) is 0 Å². The van der Waals surface area contributed by atoms with Gasteiger partial charge in [-0.05, 0) is 31.2 Å². The number of rotatable bonds is 5. The predicted octanol–water partition coefficient (Wildman–Crippen LogP) is 2.55. The quantitative estimate of drug-likeness (QED) is 0.487. The minimum absolute atomic E-state index is 0.0229. The van der Waals surface area contributed by atoms with Crippen LogP contribution in [-0.4, -0.2) is 36.1 Å². The molecule has 27 heavy (non-hydrogen) atoms. The maximum Gasteiger partial charge on any atom is 0.339 e. The number of nitrogens with one attached hydrogen (secondary N) is 1. The summed E-state index contributed by atoms with van der Waals surface area (Å²) < 4.78 is 15.9. The van der Waals surface area contributed by atoms with E-state index in [0.717, 1.165) is 0 Å². The van der Waals surface area contributed by atoms with E-state index in [1.54, 1.807) is 12.1 Å². The summed E-state index contributed by atoms with van der Waals surface area (Å²) in [6.45, 7) is 2.18. The van der Waals surface area contributed by atoms with Crippen LogP contribution in [0.5, 0.6) is 11.5 Å². The number of anilines is 1. The van der Waals surface area contributed by atoms with Crippen LogP contribution >= 0.6 is 0 Å². The molecule has 9 nitrogen and oxygen atoms in total. The van der Waals surface area contributed by atoms with Gasteiger partial charge in [-0.15, -0.1) is 0 Å². The number of carbonyl (C=O) groups is 2. The molecule has 2 aromatic rings. The molecular weight excluding hydrogens is 356 g/mol. The molecular formula is C18H16N2O7. The van der Waals surface area contributed by atoms with Gasteiger partial charge in [-0.1, -0.05) is 12.1 Å². The topological polar surface area (TPSA) is 117 Å². The summed E-state index contributed by atoms with van der Waals surface area (Å²) in [5, 5.41) is 13.4. The Morgan fingerprint density at radius 1 is 1.15 bits per heavy atom. The molecule has 0 saturated carbocycles. The third kappa shape index (κ3) is 4.14. The number of nitrogens with zero attached hydrogens (tertiary/aromatic N) is 1. The fourth-order valence-corrected chi connectivity index (χ4v) is 2.43. The first-order chi connectivity index (χ1) is 13.0. The molecule has 0 saturated heterocycles. The Morgan fingerprint density at radius 3 is 2.59 bits per heavy atom. The van der Waals surface area contributed by atoms with Gasteiger partial charge in [0.15, 0.2) is 17.6 Å². The molecule has 9 heteroatoms. The molecule has 0 aliphatic carbocycles. The van der Waals surface area contributed by atoms with Crippen LogP contribution in [0.2, 0.25) is 0 Å². The second-order valence-electron chi connectivity index (χ2n) is 5.67. The zero-order chi connectivity index (χ0) is 19.4. The van der Waals surface area contributed by atoms with Gasteiger partial charge in [0.05, 0.1) is 10.5 Å². The van der Waals surface area contributed by atoms with Gasteiger partial charge in [0.2, 0.25) is 0 Å². The van der Waals surface area contributed by atoms with Crippen LogP contribution in [0.3, 0.4) is 0 Å². The zero-order valence-electron chi connectivity index (χ0n) is 14.3. The highest BCUT2D eigenvalue weighted by atomic mass is 16.6. The lowest BCUT2D eigenvalue weighted by Crippen LogP contribution is -2.30. The molecule has 2 aromatic carbocycles. The smallest absolute Gasteiger partial charge is 0.339 e. The fraction of sp³-hybridized carbons (Fsp3) is 0.222. The Labute approximate surface area is 154 Å². The van der Waals surface area contributed by atoms with E-state index >= 15 is 0 Å². The molecule has 0 bridgehead atoms. The number of hydrogen-bond donors (Lipinski definition) is 1. The van der Waals surface area contributed by atoms with Crippen LogP contribution in [0, 0.1) is 10.1 Å². The van der Waals surface area contributed by atoms with Gasteiger partial charge in [0.1, 0.15) is 18.9 Å². The normalized spacial score (nSPS) is 13.4. The Bertz CT molecular complexity index is 897. The first-order valence-electron chi connectivity index (χ1n) is 8.10. The number of amides is 1. The summed E-state index contributed by atoms with van der Waals surface area (Å²) in [4.78, 5) is 34.9. The van der Waals surface area contributed by atoms with Crippen molar-refractivity contribution >= 4 is 23.3 Å². The van der Waals surface area contributed by atoms with E-state index in [1.807, 2.05) is 0 Å². The second-order valence-corrected chi connectivity index (χ2v) is 5.67. The molecule has 0 spiro atoms. The van der Waals surface area contributed by atoms with Crippen molar-refractivity contribution in [1.82, 2.24) is 0 Å². The summed E-state index contributed by atoms with van der Waals surface area (Å²) >= 11 is 0. The third-order valence-corrected chi connectivity index (χ3v) is 3.79. The summed E-state index contributed by atoms with van der Waals surface area (Å²) in [6, 6.07) is 10.3. The molecule has 0 fully saturated rings. The lowest BCUT2D eigenvalue weighted by Gasteiger charge is -2.19. The van der Waals surface area contributed by atoms with Gasteiger partial charge in [0.25, 0.3) is 11.6 Å². The van der Waals surface area contributed by atoms with E-state index in [0.29, 0.717) is 24.7 Å². The molecule has 0 unspecified atom stereocenters. The largest absolute Gasteiger partial charge is 0.486 e. The highest BCUT2D eigenvalue weighted by molar-refractivity contribution is 5.98. The molecule has 1 heterocycles. The van der Waals surface area contributed by atoms with E-state index in [2.05, 4.69) is 5.32 Å². The Morgan fingerprint density at radius 2 is 1.85 bits per heavy atom. The zero-order valence-corrected chi connectivity index (χ0v) is 14.3. The van der Waals surface area contributed by atoms with E-state index < -0.39 is 22.9 Å². The molecule has 0 radical (unpaired) electrons. The lowest BCUT2D eigenvalue weighted by molar-refractivity contribution is -0.383. The van der Waals surface area contributed by atoms with Crippen molar-refractivity contribution in [2.75, 3.05) is 18.5 Å². The van der Waals surface area contributed by atoms with E-state index in [-0.39, 0.29) is 16.9 Å². The first-order valence-corrected chi connectivity index (χ1v) is 8.10. The third-order valence-electron chi connectivity index (χ3n) is 3.79. The first kappa shape index (κ1) is 18.2. The van der Waals surface area contributed by atoms with Crippen molar-refractivity contribution in [2.24, 2.45) is 0 Å². The summed E-state index contributed by atoms with van der Waals surface area (Å²) in [5.74, 6) is -0.458.